The second-order valence-electron chi connectivity index (χ2n) is 4.06. The molecular weight excluding hydrogens is 268 g/mol. The highest BCUT2D eigenvalue weighted by Crippen LogP contribution is 2.25. The molecular formula is C13H21ClN2O3. The van der Waals surface area contributed by atoms with E-state index in [2.05, 4.69) is 5.32 Å². The molecule has 0 aliphatic rings. The van der Waals surface area contributed by atoms with Gasteiger partial charge in [0.1, 0.15) is 0 Å². The Morgan fingerprint density at radius 3 is 2.58 bits per heavy atom. The number of hydrogen-bond acceptors (Lipinski definition) is 4. The van der Waals surface area contributed by atoms with Gasteiger partial charge in [-0.1, -0.05) is 12.1 Å². The lowest BCUT2D eigenvalue weighted by atomic mass is 10.2. The standard InChI is InChI=1S/C13H20N2O3.ClH/c1-10(14)7-8-15-13(16)9-18-12-6-4-3-5-11(12)17-2;/h3-6,10H,7-9,14H2,1-2H3,(H,15,16);1H. The maximum atomic E-state index is 11.5. The number of carbonyl (C=O) groups excluding carboxylic acids is 1. The summed E-state index contributed by atoms with van der Waals surface area (Å²) >= 11 is 0. The van der Waals surface area contributed by atoms with Gasteiger partial charge in [-0.15, -0.1) is 12.4 Å². The quantitative estimate of drug-likeness (QED) is 0.794. The van der Waals surface area contributed by atoms with E-state index >= 15 is 0 Å². The molecule has 1 aromatic rings. The molecule has 5 nitrogen and oxygen atoms in total. The zero-order chi connectivity index (χ0) is 13.4. The number of nitrogens with one attached hydrogen (secondary N) is 1. The summed E-state index contributed by atoms with van der Waals surface area (Å²) in [6.45, 7) is 2.43. The predicted octanol–water partition coefficient (Wildman–Crippen LogP) is 1.35. The summed E-state index contributed by atoms with van der Waals surface area (Å²) in [6.07, 6.45) is 0.750. The van der Waals surface area contributed by atoms with Gasteiger partial charge in [0.05, 0.1) is 7.11 Å². The van der Waals surface area contributed by atoms with Gasteiger partial charge >= 0.3 is 0 Å². The van der Waals surface area contributed by atoms with Gasteiger partial charge in [0.15, 0.2) is 18.1 Å². The molecule has 0 aromatic heterocycles. The molecule has 0 bridgehead atoms. The summed E-state index contributed by atoms with van der Waals surface area (Å²) in [6, 6.07) is 7.29. The molecule has 1 atom stereocenters. The van der Waals surface area contributed by atoms with E-state index in [0.717, 1.165) is 6.42 Å². The Kier molecular flexibility index (Phi) is 8.74. The van der Waals surface area contributed by atoms with Gasteiger partial charge in [-0.3, -0.25) is 4.79 Å². The maximum Gasteiger partial charge on any atom is 0.257 e. The molecule has 0 aliphatic carbocycles. The van der Waals surface area contributed by atoms with Crippen LogP contribution in [0.4, 0.5) is 0 Å². The summed E-state index contributed by atoms with van der Waals surface area (Å²) in [4.78, 5) is 11.5. The van der Waals surface area contributed by atoms with Gasteiger partial charge in [-0.25, -0.2) is 0 Å². The van der Waals surface area contributed by atoms with Gasteiger partial charge in [0, 0.05) is 12.6 Å². The van der Waals surface area contributed by atoms with Gasteiger partial charge in [0.25, 0.3) is 5.91 Å². The number of rotatable bonds is 7. The van der Waals surface area contributed by atoms with E-state index in [1.54, 1.807) is 19.2 Å². The van der Waals surface area contributed by atoms with Gasteiger partial charge in [-0.05, 0) is 25.5 Å². The lowest BCUT2D eigenvalue weighted by Crippen LogP contribution is -2.32. The van der Waals surface area contributed by atoms with Crippen molar-refractivity contribution in [2.75, 3.05) is 20.3 Å². The molecule has 1 unspecified atom stereocenters. The lowest BCUT2D eigenvalue weighted by molar-refractivity contribution is -0.123. The summed E-state index contributed by atoms with van der Waals surface area (Å²) in [5.74, 6) is 1.00. The van der Waals surface area contributed by atoms with Crippen LogP contribution in [0.1, 0.15) is 13.3 Å². The highest BCUT2D eigenvalue weighted by molar-refractivity contribution is 5.85. The third kappa shape index (κ3) is 6.88. The number of hydrogen-bond donors (Lipinski definition) is 2. The summed E-state index contributed by atoms with van der Waals surface area (Å²) in [5, 5.41) is 2.74. The maximum absolute atomic E-state index is 11.5. The number of para-hydroxylation sites is 2. The average molecular weight is 289 g/mol. The predicted molar refractivity (Wildman–Crippen MR) is 77.0 cm³/mol. The first-order valence-corrected chi connectivity index (χ1v) is 5.91. The Bertz CT molecular complexity index is 386. The van der Waals surface area contributed by atoms with Crippen molar-refractivity contribution >= 4 is 18.3 Å². The highest BCUT2D eigenvalue weighted by atomic mass is 35.5. The van der Waals surface area contributed by atoms with E-state index in [1.165, 1.54) is 0 Å². The van der Waals surface area contributed by atoms with Crippen molar-refractivity contribution in [3.63, 3.8) is 0 Å². The number of benzene rings is 1. The second-order valence-corrected chi connectivity index (χ2v) is 4.06. The van der Waals surface area contributed by atoms with Crippen LogP contribution in [0, 0.1) is 0 Å². The fraction of sp³-hybridized carbons (Fsp3) is 0.462. The first kappa shape index (κ1) is 17.5. The molecule has 3 N–H and O–H groups in total. The van der Waals surface area contributed by atoms with Crippen molar-refractivity contribution in [2.24, 2.45) is 5.73 Å². The number of ether oxygens (including phenoxy) is 2. The molecule has 1 rings (SSSR count). The molecule has 0 aliphatic heterocycles. The molecule has 0 saturated heterocycles. The van der Waals surface area contributed by atoms with Crippen LogP contribution >= 0.6 is 12.4 Å². The molecule has 0 fully saturated rings. The second kappa shape index (κ2) is 9.47. The van der Waals surface area contributed by atoms with E-state index in [1.807, 2.05) is 19.1 Å². The fourth-order valence-electron chi connectivity index (χ4n) is 1.37. The Morgan fingerprint density at radius 1 is 1.37 bits per heavy atom. The monoisotopic (exact) mass is 288 g/mol. The molecule has 0 spiro atoms. The molecule has 6 heteroatoms. The van der Waals surface area contributed by atoms with Gasteiger partial charge in [0.2, 0.25) is 0 Å². The average Bonchev–Trinajstić information content (AvgIpc) is 2.36. The molecule has 0 saturated carbocycles. The van der Waals surface area contributed by atoms with Crippen LogP contribution in [-0.4, -0.2) is 32.2 Å². The highest BCUT2D eigenvalue weighted by Gasteiger charge is 2.06. The third-order valence-corrected chi connectivity index (χ3v) is 2.35. The van der Waals surface area contributed by atoms with Crippen LogP contribution in [0.2, 0.25) is 0 Å². The zero-order valence-electron chi connectivity index (χ0n) is 11.2. The fourth-order valence-corrected chi connectivity index (χ4v) is 1.37. The smallest absolute Gasteiger partial charge is 0.257 e. The minimum absolute atomic E-state index is 0. The van der Waals surface area contributed by atoms with Crippen LogP contribution in [0.25, 0.3) is 0 Å². The van der Waals surface area contributed by atoms with Crippen LogP contribution in [0.3, 0.4) is 0 Å². The Labute approximate surface area is 119 Å². The van der Waals surface area contributed by atoms with E-state index in [-0.39, 0.29) is 31.0 Å². The molecule has 19 heavy (non-hydrogen) atoms. The van der Waals surface area contributed by atoms with E-state index in [9.17, 15) is 4.79 Å². The van der Waals surface area contributed by atoms with Gasteiger partial charge < -0.3 is 20.5 Å². The molecule has 0 heterocycles. The van der Waals surface area contributed by atoms with Crippen molar-refractivity contribution in [2.45, 2.75) is 19.4 Å². The minimum Gasteiger partial charge on any atom is -0.493 e. The van der Waals surface area contributed by atoms with Crippen LogP contribution in [-0.2, 0) is 4.79 Å². The van der Waals surface area contributed by atoms with Crippen molar-refractivity contribution in [1.82, 2.24) is 5.32 Å². The molecule has 108 valence electrons. The third-order valence-electron chi connectivity index (χ3n) is 2.35. The van der Waals surface area contributed by atoms with E-state index in [0.29, 0.717) is 18.0 Å². The minimum atomic E-state index is -0.165. The SMILES string of the molecule is COc1ccccc1OCC(=O)NCCC(C)N.Cl. The Morgan fingerprint density at radius 2 is 2.00 bits per heavy atom. The van der Waals surface area contributed by atoms with Crippen molar-refractivity contribution in [3.8, 4) is 11.5 Å². The summed E-state index contributed by atoms with van der Waals surface area (Å²) < 4.78 is 10.5. The van der Waals surface area contributed by atoms with E-state index in [4.69, 9.17) is 15.2 Å². The van der Waals surface area contributed by atoms with E-state index < -0.39 is 0 Å². The number of methoxy groups -OCH3 is 1. The topological polar surface area (TPSA) is 73.6 Å². The van der Waals surface area contributed by atoms with Crippen LogP contribution in [0.5, 0.6) is 11.5 Å². The van der Waals surface area contributed by atoms with Gasteiger partial charge in [-0.2, -0.15) is 0 Å². The zero-order valence-corrected chi connectivity index (χ0v) is 12.0. The van der Waals surface area contributed by atoms with Crippen LogP contribution in [0.15, 0.2) is 24.3 Å². The van der Waals surface area contributed by atoms with Crippen molar-refractivity contribution in [3.05, 3.63) is 24.3 Å². The van der Waals surface area contributed by atoms with Crippen molar-refractivity contribution < 1.29 is 14.3 Å². The summed E-state index contributed by atoms with van der Waals surface area (Å²) in [5.41, 5.74) is 5.58. The first-order valence-electron chi connectivity index (χ1n) is 5.91. The lowest BCUT2D eigenvalue weighted by Gasteiger charge is -2.11. The number of carbonyl (C=O) groups is 1. The largest absolute Gasteiger partial charge is 0.493 e. The first-order chi connectivity index (χ1) is 8.63. The number of halogens is 1. The molecule has 0 radical (unpaired) electrons. The number of amides is 1. The Hall–Kier alpha value is -1.46. The van der Waals surface area contributed by atoms with Crippen LogP contribution < -0.4 is 20.5 Å². The Balaban J connectivity index is 0.00000324. The number of nitrogens with two attached hydrogens (primary N) is 1. The molecule has 1 aromatic carbocycles. The van der Waals surface area contributed by atoms with Crippen molar-refractivity contribution in [1.29, 1.82) is 0 Å². The molecule has 1 amide bonds. The summed E-state index contributed by atoms with van der Waals surface area (Å²) in [7, 11) is 1.56. The normalized spacial score (nSPS) is 11.1.